The molecule has 1 amide bonds. The van der Waals surface area contributed by atoms with E-state index in [-0.39, 0.29) is 23.2 Å². The average Bonchev–Trinajstić information content (AvgIpc) is 2.60. The number of anilines is 1. The number of sulfonamides is 1. The normalized spacial score (nSPS) is 14.0. The van der Waals surface area contributed by atoms with Crippen molar-refractivity contribution < 1.29 is 13.2 Å². The first-order valence-electron chi connectivity index (χ1n) is 8.52. The molecular weight excluding hydrogens is 386 g/mol. The number of nitrogens with zero attached hydrogens (tertiary/aromatic N) is 1. The second-order valence-corrected chi connectivity index (χ2v) is 8.54. The van der Waals surface area contributed by atoms with Gasteiger partial charge in [-0.25, -0.2) is 8.42 Å². The van der Waals surface area contributed by atoms with Crippen LogP contribution >= 0.6 is 12.4 Å². The minimum absolute atomic E-state index is 0. The number of aryl methyl sites for hydroxylation is 1. The van der Waals surface area contributed by atoms with E-state index in [0.29, 0.717) is 23.7 Å². The summed E-state index contributed by atoms with van der Waals surface area (Å²) in [7, 11) is -2.13. The SMILES string of the molecule is Cc1ccc(S(=O)(=O)N(C)c2ccc(C(=O)NCC3CNC3)cc2)cc1.Cl. The summed E-state index contributed by atoms with van der Waals surface area (Å²) in [6.45, 7) is 4.42. The number of benzene rings is 2. The quantitative estimate of drug-likeness (QED) is 0.766. The van der Waals surface area contributed by atoms with Gasteiger partial charge in [0.1, 0.15) is 0 Å². The van der Waals surface area contributed by atoms with Crippen molar-refractivity contribution in [2.24, 2.45) is 5.92 Å². The molecule has 1 aliphatic rings. The zero-order chi connectivity index (χ0) is 18.7. The molecule has 27 heavy (non-hydrogen) atoms. The maximum Gasteiger partial charge on any atom is 0.264 e. The van der Waals surface area contributed by atoms with Crippen molar-refractivity contribution in [2.75, 3.05) is 31.0 Å². The highest BCUT2D eigenvalue weighted by Crippen LogP contribution is 2.22. The summed E-state index contributed by atoms with van der Waals surface area (Å²) in [6.07, 6.45) is 0. The minimum Gasteiger partial charge on any atom is -0.352 e. The first-order valence-corrected chi connectivity index (χ1v) is 9.96. The third-order valence-corrected chi connectivity index (χ3v) is 6.39. The molecule has 1 aliphatic heterocycles. The molecule has 0 aliphatic carbocycles. The van der Waals surface area contributed by atoms with Crippen LogP contribution in [0, 0.1) is 12.8 Å². The van der Waals surface area contributed by atoms with E-state index in [4.69, 9.17) is 0 Å². The Morgan fingerprint density at radius 1 is 1.11 bits per heavy atom. The highest BCUT2D eigenvalue weighted by molar-refractivity contribution is 7.92. The van der Waals surface area contributed by atoms with Gasteiger partial charge in [-0.15, -0.1) is 12.4 Å². The maximum absolute atomic E-state index is 12.7. The summed E-state index contributed by atoms with van der Waals surface area (Å²) in [5.74, 6) is 0.344. The van der Waals surface area contributed by atoms with Gasteiger partial charge in [-0.2, -0.15) is 0 Å². The Kier molecular flexibility index (Phi) is 6.86. The maximum atomic E-state index is 12.7. The van der Waals surface area contributed by atoms with Gasteiger partial charge in [0.15, 0.2) is 0 Å². The third kappa shape index (κ3) is 4.80. The number of hydrogen-bond donors (Lipinski definition) is 2. The fourth-order valence-electron chi connectivity index (χ4n) is 2.66. The van der Waals surface area contributed by atoms with Crippen molar-refractivity contribution in [1.82, 2.24) is 10.6 Å². The number of hydrogen-bond acceptors (Lipinski definition) is 4. The van der Waals surface area contributed by atoms with Gasteiger partial charge in [-0.05, 0) is 43.3 Å². The van der Waals surface area contributed by atoms with Gasteiger partial charge in [0.2, 0.25) is 0 Å². The van der Waals surface area contributed by atoms with Crippen LogP contribution in [0.1, 0.15) is 15.9 Å². The van der Waals surface area contributed by atoms with Crippen molar-refractivity contribution in [1.29, 1.82) is 0 Å². The Morgan fingerprint density at radius 3 is 2.22 bits per heavy atom. The van der Waals surface area contributed by atoms with Gasteiger partial charge in [0, 0.05) is 38.2 Å². The van der Waals surface area contributed by atoms with Crippen LogP contribution in [-0.4, -0.2) is 41.0 Å². The standard InChI is InChI=1S/C19H23N3O3S.ClH/c1-14-3-9-18(10-4-14)26(24,25)22(2)17-7-5-16(6-8-17)19(23)21-13-15-11-20-12-15;/h3-10,15,20H,11-13H2,1-2H3,(H,21,23);1H. The average molecular weight is 410 g/mol. The summed E-state index contributed by atoms with van der Waals surface area (Å²) in [5, 5.41) is 6.06. The van der Waals surface area contributed by atoms with E-state index in [0.717, 1.165) is 18.7 Å². The van der Waals surface area contributed by atoms with E-state index in [1.807, 2.05) is 6.92 Å². The van der Waals surface area contributed by atoms with Crippen LogP contribution in [-0.2, 0) is 10.0 Å². The molecule has 1 fully saturated rings. The van der Waals surface area contributed by atoms with Gasteiger partial charge in [0.05, 0.1) is 10.6 Å². The van der Waals surface area contributed by atoms with Crippen LogP contribution in [0.15, 0.2) is 53.4 Å². The minimum atomic E-state index is -3.63. The summed E-state index contributed by atoms with van der Waals surface area (Å²) in [6, 6.07) is 13.3. The number of rotatable bonds is 6. The van der Waals surface area contributed by atoms with Crippen molar-refractivity contribution >= 4 is 34.0 Å². The third-order valence-electron chi connectivity index (χ3n) is 4.59. The first-order chi connectivity index (χ1) is 12.4. The summed E-state index contributed by atoms with van der Waals surface area (Å²) in [4.78, 5) is 12.4. The molecule has 0 saturated carbocycles. The highest BCUT2D eigenvalue weighted by Gasteiger charge is 2.22. The summed E-state index contributed by atoms with van der Waals surface area (Å²) in [5.41, 5.74) is 2.02. The molecule has 2 aromatic rings. The van der Waals surface area contributed by atoms with Crippen molar-refractivity contribution in [3.05, 3.63) is 59.7 Å². The lowest BCUT2D eigenvalue weighted by molar-refractivity contribution is 0.0942. The van der Waals surface area contributed by atoms with E-state index >= 15 is 0 Å². The molecule has 0 spiro atoms. The van der Waals surface area contributed by atoms with E-state index in [9.17, 15) is 13.2 Å². The molecule has 0 aromatic heterocycles. The van der Waals surface area contributed by atoms with Crippen LogP contribution in [0.4, 0.5) is 5.69 Å². The van der Waals surface area contributed by atoms with Crippen molar-refractivity contribution in [3.8, 4) is 0 Å². The zero-order valence-electron chi connectivity index (χ0n) is 15.3. The Bertz CT molecular complexity index is 879. The number of halogens is 1. The lowest BCUT2D eigenvalue weighted by Crippen LogP contribution is -2.48. The first kappa shape index (κ1) is 21.2. The van der Waals surface area contributed by atoms with E-state index in [2.05, 4.69) is 10.6 Å². The monoisotopic (exact) mass is 409 g/mol. The molecule has 1 heterocycles. The number of nitrogens with one attached hydrogen (secondary N) is 2. The smallest absolute Gasteiger partial charge is 0.264 e. The Labute approximate surface area is 166 Å². The lowest BCUT2D eigenvalue weighted by atomic mass is 10.0. The fourth-order valence-corrected chi connectivity index (χ4v) is 3.86. The van der Waals surface area contributed by atoms with Crippen molar-refractivity contribution in [3.63, 3.8) is 0 Å². The van der Waals surface area contributed by atoms with Crippen LogP contribution < -0.4 is 14.9 Å². The highest BCUT2D eigenvalue weighted by atomic mass is 35.5. The van der Waals surface area contributed by atoms with Gasteiger partial charge < -0.3 is 10.6 Å². The zero-order valence-corrected chi connectivity index (χ0v) is 16.9. The van der Waals surface area contributed by atoms with Crippen LogP contribution in [0.5, 0.6) is 0 Å². The second-order valence-electron chi connectivity index (χ2n) is 6.57. The van der Waals surface area contributed by atoms with Gasteiger partial charge in [-0.3, -0.25) is 9.10 Å². The fraction of sp³-hybridized carbons (Fsp3) is 0.316. The molecule has 0 atom stereocenters. The molecule has 146 valence electrons. The molecule has 3 rings (SSSR count). The summed E-state index contributed by atoms with van der Waals surface area (Å²) < 4.78 is 26.7. The van der Waals surface area contributed by atoms with Crippen LogP contribution in [0.25, 0.3) is 0 Å². The van der Waals surface area contributed by atoms with Gasteiger partial charge >= 0.3 is 0 Å². The lowest BCUT2D eigenvalue weighted by Gasteiger charge is -2.27. The Morgan fingerprint density at radius 2 is 1.70 bits per heavy atom. The van der Waals surface area contributed by atoms with E-state index < -0.39 is 10.0 Å². The van der Waals surface area contributed by atoms with Crippen LogP contribution in [0.2, 0.25) is 0 Å². The second kappa shape index (κ2) is 8.73. The number of carbonyl (C=O) groups excluding carboxylic acids is 1. The predicted octanol–water partition coefficient (Wildman–Crippen LogP) is 2.19. The molecule has 8 heteroatoms. The molecule has 0 bridgehead atoms. The molecule has 1 saturated heterocycles. The molecule has 6 nitrogen and oxygen atoms in total. The molecule has 0 radical (unpaired) electrons. The predicted molar refractivity (Wildman–Crippen MR) is 109 cm³/mol. The molecule has 0 unspecified atom stereocenters. The Hall–Kier alpha value is -2.09. The molecule has 2 N–H and O–H groups in total. The van der Waals surface area contributed by atoms with E-state index in [1.165, 1.54) is 11.4 Å². The number of carbonyl (C=O) groups is 1. The van der Waals surface area contributed by atoms with Gasteiger partial charge in [0.25, 0.3) is 15.9 Å². The largest absolute Gasteiger partial charge is 0.352 e. The summed E-state index contributed by atoms with van der Waals surface area (Å²) >= 11 is 0. The topological polar surface area (TPSA) is 78.5 Å². The molecule has 2 aromatic carbocycles. The van der Waals surface area contributed by atoms with Crippen molar-refractivity contribution in [2.45, 2.75) is 11.8 Å². The van der Waals surface area contributed by atoms with Crippen LogP contribution in [0.3, 0.4) is 0 Å². The molecular formula is C19H24ClN3O3S. The van der Waals surface area contributed by atoms with Gasteiger partial charge in [-0.1, -0.05) is 17.7 Å². The van der Waals surface area contributed by atoms with E-state index in [1.54, 1.807) is 48.5 Å². The Balaban J connectivity index is 0.00000261. The number of amides is 1.